The van der Waals surface area contributed by atoms with E-state index in [0.717, 1.165) is 31.4 Å². The van der Waals surface area contributed by atoms with Crippen LogP contribution in [0.3, 0.4) is 0 Å². The molecule has 2 heterocycles. The topological polar surface area (TPSA) is 115 Å². The fourth-order valence-corrected chi connectivity index (χ4v) is 5.72. The normalized spacial score (nSPS) is 28.4. The second-order valence-corrected chi connectivity index (χ2v) is 11.7. The maximum atomic E-state index is 13.8. The highest BCUT2D eigenvalue weighted by Gasteiger charge is 2.45. The zero-order chi connectivity index (χ0) is 25.3. The van der Waals surface area contributed by atoms with Crippen molar-refractivity contribution < 1.29 is 24.2 Å². The first-order valence-electron chi connectivity index (χ1n) is 13.1. The number of carbonyl (C=O) groups excluding carboxylic acids is 3. The van der Waals surface area contributed by atoms with Gasteiger partial charge in [-0.15, -0.1) is 5.10 Å². The van der Waals surface area contributed by atoms with Crippen LogP contribution in [0.5, 0.6) is 0 Å². The number of aliphatic hydroxyl groups excluding tert-OH is 1. The summed E-state index contributed by atoms with van der Waals surface area (Å²) in [6, 6.07) is -1.23. The van der Waals surface area contributed by atoms with Gasteiger partial charge in [0.15, 0.2) is 5.78 Å². The number of ether oxygens (including phenoxy) is 1. The number of rotatable bonds is 9. The predicted molar refractivity (Wildman–Crippen MR) is 129 cm³/mol. The molecule has 5 unspecified atom stereocenters. The molecule has 9 nitrogen and oxygen atoms in total. The van der Waals surface area contributed by atoms with Gasteiger partial charge >= 0.3 is 0 Å². The Bertz CT molecular complexity index is 934. The Labute approximate surface area is 207 Å². The van der Waals surface area contributed by atoms with Crippen LogP contribution < -0.4 is 0 Å². The fraction of sp³-hybridized carbons (Fsp3) is 0.808. The lowest BCUT2D eigenvalue weighted by molar-refractivity contribution is -0.143. The minimum atomic E-state index is -0.714. The second-order valence-electron chi connectivity index (χ2n) is 11.7. The van der Waals surface area contributed by atoms with Gasteiger partial charge in [-0.1, -0.05) is 26.0 Å². The third-order valence-corrected chi connectivity index (χ3v) is 7.83. The summed E-state index contributed by atoms with van der Waals surface area (Å²) in [5, 5.41) is 19.0. The SMILES string of the molecule is COC1CC(=O)CCC1CCCC(=O)C1CC(O)CN1C(=O)C(n1cc(C2CC2)nn1)C(C)(C)C. The molecule has 35 heavy (non-hydrogen) atoms. The van der Waals surface area contributed by atoms with Crippen LogP contribution >= 0.6 is 0 Å². The van der Waals surface area contributed by atoms with E-state index in [0.29, 0.717) is 31.6 Å². The Morgan fingerprint density at radius 1 is 1.26 bits per heavy atom. The number of Topliss-reactive ketones (excluding diaryl/α,β-unsaturated/α-hetero) is 2. The number of aromatic nitrogens is 3. The van der Waals surface area contributed by atoms with E-state index in [4.69, 9.17) is 4.74 Å². The highest BCUT2D eigenvalue weighted by Crippen LogP contribution is 2.40. The molecule has 2 saturated carbocycles. The van der Waals surface area contributed by atoms with Crippen LogP contribution in [-0.2, 0) is 19.1 Å². The summed E-state index contributed by atoms with van der Waals surface area (Å²) in [4.78, 5) is 40.3. The minimum absolute atomic E-state index is 0.0133. The van der Waals surface area contributed by atoms with Crippen molar-refractivity contribution in [2.75, 3.05) is 13.7 Å². The Morgan fingerprint density at radius 3 is 2.66 bits per heavy atom. The number of aliphatic hydroxyl groups is 1. The van der Waals surface area contributed by atoms with Gasteiger partial charge in [0, 0.05) is 51.5 Å². The third-order valence-electron chi connectivity index (χ3n) is 7.83. The molecule has 2 aliphatic carbocycles. The van der Waals surface area contributed by atoms with Crippen LogP contribution in [0, 0.1) is 11.3 Å². The summed E-state index contributed by atoms with van der Waals surface area (Å²) >= 11 is 0. The van der Waals surface area contributed by atoms with E-state index >= 15 is 0 Å². The molecule has 9 heteroatoms. The van der Waals surface area contributed by atoms with E-state index in [2.05, 4.69) is 10.3 Å². The van der Waals surface area contributed by atoms with Crippen LogP contribution in [0.2, 0.25) is 0 Å². The van der Waals surface area contributed by atoms with Gasteiger partial charge in [0.25, 0.3) is 0 Å². The van der Waals surface area contributed by atoms with Gasteiger partial charge in [-0.05, 0) is 43.4 Å². The van der Waals surface area contributed by atoms with Crippen LogP contribution in [-0.4, -0.2) is 74.4 Å². The molecule has 4 rings (SSSR count). The van der Waals surface area contributed by atoms with Gasteiger partial charge < -0.3 is 14.7 Å². The number of hydrogen-bond acceptors (Lipinski definition) is 7. The highest BCUT2D eigenvalue weighted by molar-refractivity contribution is 5.91. The summed E-state index contributed by atoms with van der Waals surface area (Å²) in [6.07, 6.45) is 7.22. The summed E-state index contributed by atoms with van der Waals surface area (Å²) < 4.78 is 7.16. The van der Waals surface area contributed by atoms with E-state index in [1.807, 2.05) is 27.0 Å². The number of ketones is 2. The summed E-state index contributed by atoms with van der Waals surface area (Å²) in [5.41, 5.74) is 0.472. The molecule has 1 aliphatic heterocycles. The second kappa shape index (κ2) is 10.5. The fourth-order valence-electron chi connectivity index (χ4n) is 5.72. The van der Waals surface area contributed by atoms with Gasteiger partial charge in [0.05, 0.1) is 23.9 Å². The Hall–Kier alpha value is -2.13. The van der Waals surface area contributed by atoms with Crippen LogP contribution in [0.1, 0.15) is 96.2 Å². The standard InChI is InChI=1S/C26H40N4O5/c1-26(2,3)24(30-15-20(27-28-30)16-8-9-16)25(34)29-14-19(32)12-21(29)22(33)7-5-6-17-10-11-18(31)13-23(17)35-4/h15-17,19,21,23-24,32H,5-14H2,1-4H3. The Kier molecular flexibility index (Phi) is 7.76. The minimum Gasteiger partial charge on any atom is -0.391 e. The molecule has 0 radical (unpaired) electrons. The molecular weight excluding hydrogens is 448 g/mol. The van der Waals surface area contributed by atoms with Gasteiger partial charge in [-0.3, -0.25) is 14.4 Å². The maximum Gasteiger partial charge on any atom is 0.248 e. The predicted octanol–water partition coefficient (Wildman–Crippen LogP) is 2.83. The molecular formula is C26H40N4O5. The number of likely N-dealkylation sites (tertiary alicyclic amines) is 1. The largest absolute Gasteiger partial charge is 0.391 e. The van der Waals surface area contributed by atoms with E-state index in [1.165, 1.54) is 0 Å². The first kappa shape index (κ1) is 25.9. The van der Waals surface area contributed by atoms with Crippen molar-refractivity contribution in [1.29, 1.82) is 0 Å². The number of β-amino-alcohol motifs (C(OH)–C–C–N with tert-alkyl or cyclic N) is 1. The molecule has 194 valence electrons. The summed E-state index contributed by atoms with van der Waals surface area (Å²) in [7, 11) is 1.64. The summed E-state index contributed by atoms with van der Waals surface area (Å²) in [5.74, 6) is 0.743. The lowest BCUT2D eigenvalue weighted by Gasteiger charge is -2.34. The molecule has 0 spiro atoms. The van der Waals surface area contributed by atoms with Crippen molar-refractivity contribution >= 4 is 17.5 Å². The summed E-state index contributed by atoms with van der Waals surface area (Å²) in [6.45, 7) is 6.11. The molecule has 0 bridgehead atoms. The van der Waals surface area contributed by atoms with Crippen LogP contribution in [0.4, 0.5) is 0 Å². The molecule has 5 atom stereocenters. The Balaban J connectivity index is 1.41. The average Bonchev–Trinajstić information content (AvgIpc) is 3.40. The number of methoxy groups -OCH3 is 1. The molecule has 0 aromatic carbocycles. The van der Waals surface area contributed by atoms with Gasteiger partial charge in [0.2, 0.25) is 5.91 Å². The number of amides is 1. The highest BCUT2D eigenvalue weighted by atomic mass is 16.5. The molecule has 1 saturated heterocycles. The lowest BCUT2D eigenvalue weighted by atomic mass is 9.82. The number of carbonyl (C=O) groups is 3. The van der Waals surface area contributed by atoms with Crippen molar-refractivity contribution in [3.63, 3.8) is 0 Å². The number of nitrogens with zero attached hydrogens (tertiary/aromatic N) is 4. The number of hydrogen-bond donors (Lipinski definition) is 1. The monoisotopic (exact) mass is 488 g/mol. The molecule has 1 amide bonds. The average molecular weight is 489 g/mol. The molecule has 1 aromatic heterocycles. The zero-order valence-electron chi connectivity index (χ0n) is 21.5. The van der Waals surface area contributed by atoms with E-state index in [9.17, 15) is 19.5 Å². The molecule has 3 aliphatic rings. The van der Waals surface area contributed by atoms with Crippen molar-refractivity contribution in [1.82, 2.24) is 19.9 Å². The first-order valence-corrected chi connectivity index (χ1v) is 13.1. The van der Waals surface area contributed by atoms with Crippen molar-refractivity contribution in [2.24, 2.45) is 11.3 Å². The third kappa shape index (κ3) is 6.00. The maximum absolute atomic E-state index is 13.8. The van der Waals surface area contributed by atoms with E-state index < -0.39 is 23.6 Å². The van der Waals surface area contributed by atoms with Crippen molar-refractivity contribution in [2.45, 2.75) is 109 Å². The van der Waals surface area contributed by atoms with Crippen LogP contribution in [0.15, 0.2) is 6.20 Å². The quantitative estimate of drug-likeness (QED) is 0.568. The first-order chi connectivity index (χ1) is 16.6. The van der Waals surface area contributed by atoms with E-state index in [-0.39, 0.29) is 42.5 Å². The van der Waals surface area contributed by atoms with Gasteiger partial charge in [-0.2, -0.15) is 0 Å². The molecule has 1 aromatic rings. The van der Waals surface area contributed by atoms with Crippen molar-refractivity contribution in [3.05, 3.63) is 11.9 Å². The Morgan fingerprint density at radius 2 is 2.00 bits per heavy atom. The molecule has 1 N–H and O–H groups in total. The van der Waals surface area contributed by atoms with Gasteiger partial charge in [0.1, 0.15) is 11.8 Å². The lowest BCUT2D eigenvalue weighted by Crippen LogP contribution is -2.47. The molecule has 3 fully saturated rings. The van der Waals surface area contributed by atoms with Gasteiger partial charge in [-0.25, -0.2) is 4.68 Å². The zero-order valence-corrected chi connectivity index (χ0v) is 21.5. The van der Waals surface area contributed by atoms with Crippen LogP contribution in [0.25, 0.3) is 0 Å². The van der Waals surface area contributed by atoms with E-state index in [1.54, 1.807) is 16.7 Å². The smallest absolute Gasteiger partial charge is 0.248 e. The van der Waals surface area contributed by atoms with Crippen molar-refractivity contribution in [3.8, 4) is 0 Å².